The van der Waals surface area contributed by atoms with Crippen LogP contribution in [0.4, 0.5) is 5.69 Å². The van der Waals surface area contributed by atoms with Gasteiger partial charge in [-0.05, 0) is 64.4 Å². The van der Waals surface area contributed by atoms with E-state index in [2.05, 4.69) is 61.5 Å². The SMILES string of the molecule is Cn1ccnc1CN(CCc1ccc(NS(=O)[O-])cc1)Cc1ccc(I)cc1. The zero-order valence-electron chi connectivity index (χ0n) is 15.5. The van der Waals surface area contributed by atoms with E-state index in [9.17, 15) is 8.76 Å². The Hall–Kier alpha value is -1.75. The first-order valence-electron chi connectivity index (χ1n) is 8.87. The Morgan fingerprint density at radius 1 is 1.11 bits per heavy atom. The molecule has 0 aliphatic rings. The van der Waals surface area contributed by atoms with Crippen molar-refractivity contribution in [3.8, 4) is 0 Å². The number of aromatic nitrogens is 2. The monoisotopic (exact) mass is 509 g/mol. The first-order valence-corrected chi connectivity index (χ1v) is 11.0. The molecule has 0 bridgehead atoms. The van der Waals surface area contributed by atoms with Gasteiger partial charge in [0.15, 0.2) is 0 Å². The van der Waals surface area contributed by atoms with E-state index < -0.39 is 11.3 Å². The number of hydrogen-bond donors (Lipinski definition) is 1. The number of nitrogens with one attached hydrogen (secondary N) is 1. The summed E-state index contributed by atoms with van der Waals surface area (Å²) in [4.78, 5) is 6.84. The molecular weight excluding hydrogens is 487 g/mol. The largest absolute Gasteiger partial charge is 0.755 e. The molecule has 0 aliphatic carbocycles. The Morgan fingerprint density at radius 3 is 2.39 bits per heavy atom. The van der Waals surface area contributed by atoms with Crippen LogP contribution in [-0.4, -0.2) is 29.8 Å². The van der Waals surface area contributed by atoms with Crippen LogP contribution in [0.2, 0.25) is 0 Å². The van der Waals surface area contributed by atoms with Gasteiger partial charge in [-0.2, -0.15) is 0 Å². The molecule has 0 fully saturated rings. The molecule has 6 nitrogen and oxygen atoms in total. The summed E-state index contributed by atoms with van der Waals surface area (Å²) in [7, 11) is 2.01. The van der Waals surface area contributed by atoms with Gasteiger partial charge in [-0.3, -0.25) is 9.11 Å². The van der Waals surface area contributed by atoms with E-state index in [-0.39, 0.29) is 0 Å². The van der Waals surface area contributed by atoms with Gasteiger partial charge in [0, 0.05) is 53.1 Å². The molecule has 2 aromatic carbocycles. The van der Waals surface area contributed by atoms with Crippen molar-refractivity contribution in [3.05, 3.63) is 81.4 Å². The van der Waals surface area contributed by atoms with Gasteiger partial charge < -0.3 is 13.8 Å². The van der Waals surface area contributed by atoms with Crippen LogP contribution in [0.25, 0.3) is 0 Å². The Bertz CT molecular complexity index is 913. The zero-order valence-corrected chi connectivity index (χ0v) is 18.5. The number of hydrogen-bond acceptors (Lipinski definition) is 4. The Morgan fingerprint density at radius 2 is 1.79 bits per heavy atom. The topological polar surface area (TPSA) is 73.2 Å². The quantitative estimate of drug-likeness (QED) is 0.354. The number of halogens is 1. The summed E-state index contributed by atoms with van der Waals surface area (Å²) >= 11 is 0.0180. The van der Waals surface area contributed by atoms with Crippen molar-refractivity contribution < 1.29 is 8.76 Å². The molecule has 148 valence electrons. The highest BCUT2D eigenvalue weighted by Gasteiger charge is 2.11. The van der Waals surface area contributed by atoms with Crippen molar-refractivity contribution in [1.82, 2.24) is 14.5 Å². The summed E-state index contributed by atoms with van der Waals surface area (Å²) in [5, 5.41) is 0. The molecule has 0 saturated heterocycles. The molecular formula is C20H22IN4O2S-. The van der Waals surface area contributed by atoms with E-state index in [0.717, 1.165) is 37.4 Å². The minimum Gasteiger partial charge on any atom is -0.755 e. The lowest BCUT2D eigenvalue weighted by Crippen LogP contribution is -2.26. The van der Waals surface area contributed by atoms with Crippen LogP contribution < -0.4 is 4.72 Å². The number of imidazole rings is 1. The van der Waals surface area contributed by atoms with Crippen molar-refractivity contribution in [2.45, 2.75) is 19.5 Å². The predicted molar refractivity (Wildman–Crippen MR) is 119 cm³/mol. The van der Waals surface area contributed by atoms with Gasteiger partial charge in [0.2, 0.25) is 0 Å². The fraction of sp³-hybridized carbons (Fsp3) is 0.250. The van der Waals surface area contributed by atoms with Crippen molar-refractivity contribution >= 4 is 39.5 Å². The zero-order chi connectivity index (χ0) is 19.9. The Kier molecular flexibility index (Phi) is 7.60. The fourth-order valence-corrected chi connectivity index (χ4v) is 3.62. The number of benzene rings is 2. The minimum absolute atomic E-state index is 0.570. The van der Waals surface area contributed by atoms with Gasteiger partial charge in [0.1, 0.15) is 5.82 Å². The summed E-state index contributed by atoms with van der Waals surface area (Å²) in [5.41, 5.74) is 3.00. The molecule has 1 aromatic heterocycles. The number of aryl methyl sites for hydroxylation is 1. The molecule has 28 heavy (non-hydrogen) atoms. The van der Waals surface area contributed by atoms with Crippen molar-refractivity contribution in [3.63, 3.8) is 0 Å². The lowest BCUT2D eigenvalue weighted by atomic mass is 10.1. The highest BCUT2D eigenvalue weighted by molar-refractivity contribution is 14.1. The highest BCUT2D eigenvalue weighted by Crippen LogP contribution is 2.14. The van der Waals surface area contributed by atoms with Gasteiger partial charge in [-0.15, -0.1) is 0 Å². The Labute approximate surface area is 181 Å². The second-order valence-corrected chi connectivity index (χ2v) is 8.49. The highest BCUT2D eigenvalue weighted by atomic mass is 127. The van der Waals surface area contributed by atoms with Crippen LogP contribution in [0, 0.1) is 3.57 Å². The van der Waals surface area contributed by atoms with Gasteiger partial charge in [0.25, 0.3) is 0 Å². The molecule has 1 N–H and O–H groups in total. The van der Waals surface area contributed by atoms with Crippen LogP contribution in [0.5, 0.6) is 0 Å². The molecule has 8 heteroatoms. The van der Waals surface area contributed by atoms with Gasteiger partial charge in [-0.1, -0.05) is 24.3 Å². The Balaban J connectivity index is 1.66. The first kappa shape index (κ1) is 21.0. The van der Waals surface area contributed by atoms with Gasteiger partial charge in [0.05, 0.1) is 6.54 Å². The molecule has 0 amide bonds. The third kappa shape index (κ3) is 6.40. The van der Waals surface area contributed by atoms with E-state index in [1.54, 1.807) is 12.1 Å². The summed E-state index contributed by atoms with van der Waals surface area (Å²) in [6.45, 7) is 2.49. The van der Waals surface area contributed by atoms with Gasteiger partial charge >= 0.3 is 0 Å². The van der Waals surface area contributed by atoms with E-state index in [0.29, 0.717) is 5.69 Å². The third-order valence-electron chi connectivity index (χ3n) is 4.48. The number of anilines is 1. The van der Waals surface area contributed by atoms with Crippen molar-refractivity contribution in [2.24, 2.45) is 7.05 Å². The lowest BCUT2D eigenvalue weighted by molar-refractivity contribution is 0.251. The molecule has 0 saturated carbocycles. The number of rotatable bonds is 9. The molecule has 1 unspecified atom stereocenters. The first-order chi connectivity index (χ1) is 13.5. The van der Waals surface area contributed by atoms with E-state index >= 15 is 0 Å². The summed E-state index contributed by atoms with van der Waals surface area (Å²) in [6, 6.07) is 16.1. The summed E-state index contributed by atoms with van der Waals surface area (Å²) < 4.78 is 27.1. The maximum Gasteiger partial charge on any atom is 0.122 e. The molecule has 0 radical (unpaired) electrons. The molecule has 1 heterocycles. The number of nitrogens with zero attached hydrogens (tertiary/aromatic N) is 3. The molecule has 3 aromatic rings. The molecule has 0 aliphatic heterocycles. The van der Waals surface area contributed by atoms with Gasteiger partial charge in [-0.25, -0.2) is 4.98 Å². The molecule has 0 spiro atoms. The second-order valence-electron chi connectivity index (χ2n) is 6.58. The van der Waals surface area contributed by atoms with E-state index in [1.807, 2.05) is 36.1 Å². The molecule has 3 rings (SSSR count). The van der Waals surface area contributed by atoms with Crippen LogP contribution >= 0.6 is 22.6 Å². The average Bonchev–Trinajstić information content (AvgIpc) is 3.07. The third-order valence-corrected chi connectivity index (χ3v) is 5.60. The van der Waals surface area contributed by atoms with E-state index in [4.69, 9.17) is 0 Å². The van der Waals surface area contributed by atoms with Crippen LogP contribution in [-0.2, 0) is 37.8 Å². The smallest absolute Gasteiger partial charge is 0.122 e. The average molecular weight is 509 g/mol. The maximum atomic E-state index is 10.7. The van der Waals surface area contributed by atoms with Crippen LogP contribution in [0.1, 0.15) is 17.0 Å². The standard InChI is InChI=1S/C20H23IN4O2S/c1-24-13-11-22-20(24)15-25(14-17-2-6-18(21)7-3-17)12-10-16-4-8-19(9-5-16)23-28(26)27/h2-9,11,13,23H,10,12,14-15H2,1H3,(H,26,27)/p-1. The van der Waals surface area contributed by atoms with Crippen LogP contribution in [0.3, 0.4) is 0 Å². The predicted octanol–water partition coefficient (Wildman–Crippen LogP) is 3.48. The normalized spacial score (nSPS) is 12.3. The summed E-state index contributed by atoms with van der Waals surface area (Å²) in [6.07, 6.45) is 4.66. The lowest BCUT2D eigenvalue weighted by Gasteiger charge is -2.22. The second kappa shape index (κ2) is 10.1. The maximum absolute atomic E-state index is 10.7. The summed E-state index contributed by atoms with van der Waals surface area (Å²) in [5.74, 6) is 1.03. The van der Waals surface area contributed by atoms with E-state index in [1.165, 1.54) is 9.13 Å². The van der Waals surface area contributed by atoms with Crippen molar-refractivity contribution in [1.29, 1.82) is 0 Å². The fourth-order valence-electron chi connectivity index (χ4n) is 2.93. The minimum atomic E-state index is -2.30. The molecule has 1 atom stereocenters. The van der Waals surface area contributed by atoms with Crippen LogP contribution in [0.15, 0.2) is 60.9 Å². The van der Waals surface area contributed by atoms with Crippen molar-refractivity contribution in [2.75, 3.05) is 11.3 Å².